The van der Waals surface area contributed by atoms with Crippen molar-refractivity contribution >= 4 is 57.8 Å². The summed E-state index contributed by atoms with van der Waals surface area (Å²) in [6, 6.07) is 14.0. The van der Waals surface area contributed by atoms with Crippen molar-refractivity contribution in [2.45, 2.75) is 25.7 Å². The van der Waals surface area contributed by atoms with Gasteiger partial charge in [-0.15, -0.1) is 0 Å². The zero-order valence-corrected chi connectivity index (χ0v) is 19.7. The number of nitrogens with zero attached hydrogens (tertiary/aromatic N) is 1. The molecule has 2 amide bonds. The van der Waals surface area contributed by atoms with Gasteiger partial charge in [-0.05, 0) is 60.9 Å². The number of hydrogen-bond acceptors (Lipinski definition) is 6. The number of unbranched alkanes of at least 4 members (excludes halogenated alkanes) is 2. The molecule has 1 aliphatic heterocycles. The van der Waals surface area contributed by atoms with E-state index in [0.29, 0.717) is 45.6 Å². The van der Waals surface area contributed by atoms with Gasteiger partial charge in [0.05, 0.1) is 12.0 Å². The van der Waals surface area contributed by atoms with E-state index in [9.17, 15) is 14.4 Å². The van der Waals surface area contributed by atoms with Crippen LogP contribution in [-0.2, 0) is 9.59 Å². The number of carbonyl (C=O) groups is 3. The largest absolute Gasteiger partial charge is 0.497 e. The van der Waals surface area contributed by atoms with Crippen LogP contribution in [0, 0.1) is 0 Å². The lowest BCUT2D eigenvalue weighted by Crippen LogP contribution is -2.29. The molecule has 0 aromatic heterocycles. The molecule has 1 aliphatic rings. The molecule has 0 spiro atoms. The number of rotatable bonds is 10. The second kappa shape index (κ2) is 11.6. The minimum atomic E-state index is -0.814. The van der Waals surface area contributed by atoms with Crippen molar-refractivity contribution in [3.05, 3.63) is 64.6 Å². The van der Waals surface area contributed by atoms with Gasteiger partial charge in [-0.1, -0.05) is 42.5 Å². The molecule has 7 nitrogen and oxygen atoms in total. The number of carboxylic acids is 1. The van der Waals surface area contributed by atoms with E-state index in [0.717, 1.165) is 12.0 Å². The van der Waals surface area contributed by atoms with Crippen LogP contribution in [-0.4, -0.2) is 45.8 Å². The summed E-state index contributed by atoms with van der Waals surface area (Å²) in [7, 11) is 1.57. The molecule has 1 saturated heterocycles. The highest BCUT2D eigenvalue weighted by Gasteiger charge is 2.31. The van der Waals surface area contributed by atoms with E-state index < -0.39 is 5.97 Å². The number of hydrogen-bond donors (Lipinski definition) is 2. The Bertz CT molecular complexity index is 1080. The van der Waals surface area contributed by atoms with Gasteiger partial charge in [0.1, 0.15) is 10.1 Å². The van der Waals surface area contributed by atoms with Crippen molar-refractivity contribution in [2.24, 2.45) is 0 Å². The summed E-state index contributed by atoms with van der Waals surface area (Å²) in [6.07, 6.45) is 3.88. The van der Waals surface area contributed by atoms with E-state index in [1.165, 1.54) is 11.8 Å². The SMILES string of the molecule is COc1ccc(C(=O)Nc2cccc(/C=C3\SC(=S)N(CCCCCC(=O)O)C3=O)c2)cc1. The van der Waals surface area contributed by atoms with Crippen molar-refractivity contribution < 1.29 is 24.2 Å². The van der Waals surface area contributed by atoms with E-state index in [2.05, 4.69) is 5.32 Å². The lowest BCUT2D eigenvalue weighted by atomic mass is 10.1. The van der Waals surface area contributed by atoms with Crippen LogP contribution in [0.1, 0.15) is 41.6 Å². The van der Waals surface area contributed by atoms with Crippen LogP contribution in [0.4, 0.5) is 5.69 Å². The first kappa shape index (κ1) is 24.5. The van der Waals surface area contributed by atoms with Crippen LogP contribution < -0.4 is 10.1 Å². The summed E-state index contributed by atoms with van der Waals surface area (Å²) in [5.74, 6) is -0.544. The van der Waals surface area contributed by atoms with Crippen LogP contribution in [0.25, 0.3) is 6.08 Å². The molecule has 2 aromatic carbocycles. The fourth-order valence-corrected chi connectivity index (χ4v) is 4.53. The maximum atomic E-state index is 12.8. The van der Waals surface area contributed by atoms with Crippen molar-refractivity contribution in [1.29, 1.82) is 0 Å². The number of thioether (sulfide) groups is 1. The third kappa shape index (κ3) is 6.90. The predicted molar refractivity (Wildman–Crippen MR) is 133 cm³/mol. The monoisotopic (exact) mass is 484 g/mol. The zero-order chi connectivity index (χ0) is 23.8. The van der Waals surface area contributed by atoms with Crippen molar-refractivity contribution in [3.8, 4) is 5.75 Å². The molecule has 0 bridgehead atoms. The Morgan fingerprint density at radius 2 is 1.91 bits per heavy atom. The Kier molecular flexibility index (Phi) is 8.62. The van der Waals surface area contributed by atoms with E-state index in [1.54, 1.807) is 60.6 Å². The minimum Gasteiger partial charge on any atom is -0.497 e. The second-order valence-corrected chi connectivity index (χ2v) is 9.02. The molecule has 0 saturated carbocycles. The quantitative estimate of drug-likeness (QED) is 0.284. The first-order chi connectivity index (χ1) is 15.9. The summed E-state index contributed by atoms with van der Waals surface area (Å²) in [5.41, 5.74) is 1.88. The zero-order valence-electron chi connectivity index (χ0n) is 18.1. The first-order valence-corrected chi connectivity index (χ1v) is 11.6. The predicted octanol–water partition coefficient (Wildman–Crippen LogP) is 4.79. The number of aliphatic carboxylic acids is 1. The molecular weight excluding hydrogens is 460 g/mol. The first-order valence-electron chi connectivity index (χ1n) is 10.4. The van der Waals surface area contributed by atoms with Gasteiger partial charge in [0.25, 0.3) is 11.8 Å². The standard InChI is InChI=1S/C24H24N2O5S2/c1-31-19-11-9-17(10-12-19)22(29)25-18-7-5-6-16(14-18)15-20-23(30)26(24(32)33-20)13-4-2-3-8-21(27)28/h5-7,9-12,14-15H,2-4,8,13H2,1H3,(H,25,29)(H,27,28)/b20-15-. The van der Waals surface area contributed by atoms with Gasteiger partial charge in [-0.25, -0.2) is 0 Å². The van der Waals surface area contributed by atoms with Gasteiger partial charge in [-0.2, -0.15) is 0 Å². The lowest BCUT2D eigenvalue weighted by Gasteiger charge is -2.13. The summed E-state index contributed by atoms with van der Waals surface area (Å²) >= 11 is 6.59. The Morgan fingerprint density at radius 1 is 1.15 bits per heavy atom. The molecular formula is C24H24N2O5S2. The number of methoxy groups -OCH3 is 1. The average Bonchev–Trinajstić information content (AvgIpc) is 3.06. The number of amides is 2. The fourth-order valence-electron chi connectivity index (χ4n) is 3.22. The topological polar surface area (TPSA) is 95.9 Å². The second-order valence-electron chi connectivity index (χ2n) is 7.35. The minimum absolute atomic E-state index is 0.129. The highest BCUT2D eigenvalue weighted by molar-refractivity contribution is 8.26. The smallest absolute Gasteiger partial charge is 0.303 e. The van der Waals surface area contributed by atoms with Crippen LogP contribution in [0.5, 0.6) is 5.75 Å². The maximum absolute atomic E-state index is 12.8. The number of benzene rings is 2. The van der Waals surface area contributed by atoms with Gasteiger partial charge in [-0.3, -0.25) is 19.3 Å². The molecule has 1 fully saturated rings. The lowest BCUT2D eigenvalue weighted by molar-refractivity contribution is -0.137. The van der Waals surface area contributed by atoms with Crippen molar-refractivity contribution in [3.63, 3.8) is 0 Å². The number of anilines is 1. The molecule has 2 aromatic rings. The highest BCUT2D eigenvalue weighted by Crippen LogP contribution is 2.33. The molecule has 3 rings (SSSR count). The van der Waals surface area contributed by atoms with Crippen molar-refractivity contribution in [1.82, 2.24) is 4.90 Å². The van der Waals surface area contributed by atoms with Gasteiger partial charge in [0.2, 0.25) is 0 Å². The number of thiocarbonyl (C=S) groups is 1. The summed E-state index contributed by atoms with van der Waals surface area (Å²) in [6.45, 7) is 0.472. The van der Waals surface area contributed by atoms with E-state index in [4.69, 9.17) is 22.1 Å². The molecule has 0 aliphatic carbocycles. The third-order valence-electron chi connectivity index (χ3n) is 4.94. The summed E-state index contributed by atoms with van der Waals surface area (Å²) < 4.78 is 5.60. The van der Waals surface area contributed by atoms with Gasteiger partial charge >= 0.3 is 5.97 Å². The van der Waals surface area contributed by atoms with Gasteiger partial charge in [0.15, 0.2) is 0 Å². The number of carbonyl (C=O) groups excluding carboxylic acids is 2. The van der Waals surface area contributed by atoms with Crippen molar-refractivity contribution in [2.75, 3.05) is 19.0 Å². The molecule has 0 unspecified atom stereocenters. The maximum Gasteiger partial charge on any atom is 0.303 e. The molecule has 33 heavy (non-hydrogen) atoms. The molecule has 0 atom stereocenters. The van der Waals surface area contributed by atoms with Crippen LogP contribution >= 0.6 is 24.0 Å². The summed E-state index contributed by atoms with van der Waals surface area (Å²) in [4.78, 5) is 37.9. The number of nitrogens with one attached hydrogen (secondary N) is 1. The van der Waals surface area contributed by atoms with E-state index >= 15 is 0 Å². The Morgan fingerprint density at radius 3 is 2.61 bits per heavy atom. The van der Waals surface area contributed by atoms with E-state index in [1.807, 2.05) is 6.07 Å². The average molecular weight is 485 g/mol. The Labute approximate surface area is 201 Å². The Balaban J connectivity index is 1.61. The normalized spacial score (nSPS) is 14.6. The van der Waals surface area contributed by atoms with Gasteiger partial charge < -0.3 is 15.2 Å². The van der Waals surface area contributed by atoms with Crippen LogP contribution in [0.3, 0.4) is 0 Å². The molecule has 2 N–H and O–H groups in total. The highest BCUT2D eigenvalue weighted by atomic mass is 32.2. The molecule has 1 heterocycles. The van der Waals surface area contributed by atoms with E-state index in [-0.39, 0.29) is 18.2 Å². The van der Waals surface area contributed by atoms with Crippen LogP contribution in [0.15, 0.2) is 53.4 Å². The summed E-state index contributed by atoms with van der Waals surface area (Å²) in [5, 5.41) is 11.6. The Hall–Kier alpha value is -3.17. The van der Waals surface area contributed by atoms with Crippen LogP contribution in [0.2, 0.25) is 0 Å². The molecule has 9 heteroatoms. The third-order valence-corrected chi connectivity index (χ3v) is 6.32. The molecule has 172 valence electrons. The molecule has 0 radical (unpaired) electrons. The fraction of sp³-hybridized carbons (Fsp3) is 0.250. The number of carboxylic acid groups (broad SMARTS) is 1. The number of ether oxygens (including phenoxy) is 1. The van der Waals surface area contributed by atoms with Gasteiger partial charge in [0, 0.05) is 24.2 Å².